The lowest BCUT2D eigenvalue weighted by atomic mass is 10.4. The molecule has 0 saturated heterocycles. The van der Waals surface area contributed by atoms with Gasteiger partial charge in [-0.2, -0.15) is 4.98 Å². The van der Waals surface area contributed by atoms with Crippen molar-refractivity contribution < 1.29 is 0 Å². The fourth-order valence-corrected chi connectivity index (χ4v) is 1.22. The SMILES string of the molecule is O=c1ncc2nc(CBr)cnc2[nH]1. The van der Waals surface area contributed by atoms with E-state index in [1.807, 2.05) is 0 Å². The van der Waals surface area contributed by atoms with Crippen molar-refractivity contribution in [1.82, 2.24) is 19.9 Å². The third kappa shape index (κ3) is 1.57. The molecule has 0 radical (unpaired) electrons. The van der Waals surface area contributed by atoms with E-state index in [1.54, 1.807) is 6.20 Å². The minimum atomic E-state index is -0.409. The number of nitrogens with zero attached hydrogens (tertiary/aromatic N) is 3. The Balaban J connectivity index is 2.73. The van der Waals surface area contributed by atoms with Gasteiger partial charge in [-0.25, -0.2) is 14.8 Å². The van der Waals surface area contributed by atoms with Gasteiger partial charge in [0.2, 0.25) is 0 Å². The number of hydrogen-bond donors (Lipinski definition) is 1. The van der Waals surface area contributed by atoms with Crippen LogP contribution in [-0.4, -0.2) is 19.9 Å². The summed E-state index contributed by atoms with van der Waals surface area (Å²) in [7, 11) is 0. The maximum Gasteiger partial charge on any atom is 0.346 e. The van der Waals surface area contributed by atoms with Crippen LogP contribution in [0.25, 0.3) is 11.2 Å². The molecule has 0 atom stereocenters. The highest BCUT2D eigenvalue weighted by Gasteiger charge is 1.99. The first-order valence-corrected chi connectivity index (χ1v) is 4.68. The van der Waals surface area contributed by atoms with Gasteiger partial charge in [-0.3, -0.25) is 4.98 Å². The van der Waals surface area contributed by atoms with E-state index in [4.69, 9.17) is 0 Å². The molecule has 0 aliphatic heterocycles. The van der Waals surface area contributed by atoms with E-state index in [9.17, 15) is 4.79 Å². The van der Waals surface area contributed by atoms with Gasteiger partial charge >= 0.3 is 5.69 Å². The molecule has 2 aromatic rings. The third-order valence-corrected chi connectivity index (χ3v) is 2.09. The molecule has 0 bridgehead atoms. The van der Waals surface area contributed by atoms with E-state index < -0.39 is 5.69 Å². The van der Waals surface area contributed by atoms with Crippen LogP contribution in [0.2, 0.25) is 0 Å². The zero-order valence-corrected chi connectivity index (χ0v) is 8.08. The lowest BCUT2D eigenvalue weighted by Gasteiger charge is -1.96. The molecule has 6 heteroatoms. The number of nitrogens with one attached hydrogen (secondary N) is 1. The molecule has 0 aromatic carbocycles. The molecule has 13 heavy (non-hydrogen) atoms. The Morgan fingerprint density at radius 3 is 3.00 bits per heavy atom. The normalized spacial score (nSPS) is 10.5. The number of alkyl halides is 1. The van der Waals surface area contributed by atoms with Crippen LogP contribution in [0.4, 0.5) is 0 Å². The van der Waals surface area contributed by atoms with Gasteiger partial charge in [0.15, 0.2) is 5.65 Å². The largest absolute Gasteiger partial charge is 0.346 e. The summed E-state index contributed by atoms with van der Waals surface area (Å²) in [5.41, 5.74) is 1.45. The Kier molecular flexibility index (Phi) is 2.05. The Morgan fingerprint density at radius 2 is 2.23 bits per heavy atom. The number of rotatable bonds is 1. The van der Waals surface area contributed by atoms with Crippen molar-refractivity contribution in [2.75, 3.05) is 0 Å². The van der Waals surface area contributed by atoms with Crippen molar-refractivity contribution in [2.24, 2.45) is 0 Å². The number of H-pyrrole nitrogens is 1. The van der Waals surface area contributed by atoms with Crippen molar-refractivity contribution >= 4 is 27.1 Å². The van der Waals surface area contributed by atoms with Crippen LogP contribution in [0.1, 0.15) is 5.69 Å². The minimum Gasteiger partial charge on any atom is -0.289 e. The molecule has 66 valence electrons. The summed E-state index contributed by atoms with van der Waals surface area (Å²) in [5, 5.41) is 0.634. The molecule has 0 unspecified atom stereocenters. The summed E-state index contributed by atoms with van der Waals surface area (Å²) in [6.07, 6.45) is 3.01. The predicted octanol–water partition coefficient (Wildman–Crippen LogP) is 0.608. The van der Waals surface area contributed by atoms with Crippen LogP contribution in [-0.2, 0) is 5.33 Å². The lowest BCUT2D eigenvalue weighted by molar-refractivity contribution is 1.06. The summed E-state index contributed by atoms with van der Waals surface area (Å²) in [4.78, 5) is 25.1. The van der Waals surface area contributed by atoms with Crippen molar-refractivity contribution in [1.29, 1.82) is 0 Å². The standard InChI is InChI=1S/C7H5BrN4O/c8-1-4-2-9-6-5(11-4)3-10-7(13)12-6/h2-3H,1H2,(H,9,10,12,13). The van der Waals surface area contributed by atoms with Gasteiger partial charge in [-0.15, -0.1) is 0 Å². The second-order valence-electron chi connectivity index (χ2n) is 2.42. The zero-order chi connectivity index (χ0) is 9.26. The second kappa shape index (κ2) is 3.21. The quantitative estimate of drug-likeness (QED) is 0.742. The van der Waals surface area contributed by atoms with E-state index in [0.29, 0.717) is 16.5 Å². The van der Waals surface area contributed by atoms with E-state index in [0.717, 1.165) is 5.69 Å². The van der Waals surface area contributed by atoms with Crippen LogP contribution in [0.15, 0.2) is 17.2 Å². The molecule has 0 amide bonds. The molecule has 2 rings (SSSR count). The number of aromatic amines is 1. The first-order valence-electron chi connectivity index (χ1n) is 3.56. The number of aromatic nitrogens is 4. The minimum absolute atomic E-state index is 0.409. The molecular weight excluding hydrogens is 236 g/mol. The average Bonchev–Trinajstić information content (AvgIpc) is 2.17. The Hall–Kier alpha value is -1.30. The smallest absolute Gasteiger partial charge is 0.289 e. The molecule has 5 nitrogen and oxygen atoms in total. The molecular formula is C7H5BrN4O. The van der Waals surface area contributed by atoms with Crippen molar-refractivity contribution in [3.8, 4) is 0 Å². The third-order valence-electron chi connectivity index (χ3n) is 1.52. The number of halogens is 1. The number of hydrogen-bond acceptors (Lipinski definition) is 4. The molecule has 0 aliphatic rings. The fourth-order valence-electron chi connectivity index (χ4n) is 0.946. The van der Waals surface area contributed by atoms with Gasteiger partial charge in [-0.1, -0.05) is 15.9 Å². The van der Waals surface area contributed by atoms with Gasteiger partial charge in [0.25, 0.3) is 0 Å². The van der Waals surface area contributed by atoms with Gasteiger partial charge in [0.05, 0.1) is 18.1 Å². The second-order valence-corrected chi connectivity index (χ2v) is 2.98. The summed E-state index contributed by atoms with van der Waals surface area (Å²) in [6.45, 7) is 0. The van der Waals surface area contributed by atoms with Gasteiger partial charge in [0, 0.05) is 5.33 Å². The monoisotopic (exact) mass is 240 g/mol. The van der Waals surface area contributed by atoms with E-state index in [1.165, 1.54) is 6.20 Å². The Bertz CT molecular complexity index is 495. The van der Waals surface area contributed by atoms with Crippen LogP contribution in [0.5, 0.6) is 0 Å². The van der Waals surface area contributed by atoms with Gasteiger partial charge in [0.1, 0.15) is 5.52 Å². The number of fused-ring (bicyclic) bond motifs is 1. The van der Waals surface area contributed by atoms with Crippen molar-refractivity contribution in [3.63, 3.8) is 0 Å². The van der Waals surface area contributed by atoms with Crippen LogP contribution >= 0.6 is 15.9 Å². The Morgan fingerprint density at radius 1 is 1.38 bits per heavy atom. The molecule has 2 heterocycles. The molecule has 0 fully saturated rings. The molecule has 1 N–H and O–H groups in total. The van der Waals surface area contributed by atoms with E-state index in [-0.39, 0.29) is 0 Å². The maximum atomic E-state index is 10.8. The van der Waals surface area contributed by atoms with Crippen LogP contribution in [0, 0.1) is 0 Å². The Labute approximate surface area is 81.4 Å². The maximum absolute atomic E-state index is 10.8. The molecule has 0 aliphatic carbocycles. The average molecular weight is 241 g/mol. The van der Waals surface area contributed by atoms with Crippen LogP contribution in [0.3, 0.4) is 0 Å². The summed E-state index contributed by atoms with van der Waals surface area (Å²) < 4.78 is 0. The van der Waals surface area contributed by atoms with Crippen molar-refractivity contribution in [2.45, 2.75) is 5.33 Å². The fraction of sp³-hybridized carbons (Fsp3) is 0.143. The molecule has 2 aromatic heterocycles. The zero-order valence-electron chi connectivity index (χ0n) is 6.49. The highest BCUT2D eigenvalue weighted by Crippen LogP contribution is 2.05. The van der Waals surface area contributed by atoms with Gasteiger partial charge in [-0.05, 0) is 0 Å². The van der Waals surface area contributed by atoms with E-state index >= 15 is 0 Å². The summed E-state index contributed by atoms with van der Waals surface area (Å²) in [6, 6.07) is 0. The first kappa shape index (κ1) is 8.31. The van der Waals surface area contributed by atoms with E-state index in [2.05, 4.69) is 35.9 Å². The van der Waals surface area contributed by atoms with Crippen LogP contribution < -0.4 is 5.69 Å². The highest BCUT2D eigenvalue weighted by molar-refractivity contribution is 9.08. The lowest BCUT2D eigenvalue weighted by Crippen LogP contribution is -2.10. The molecule has 0 saturated carbocycles. The predicted molar refractivity (Wildman–Crippen MR) is 50.6 cm³/mol. The summed E-state index contributed by atoms with van der Waals surface area (Å²) in [5.74, 6) is 0. The molecule has 0 spiro atoms. The summed E-state index contributed by atoms with van der Waals surface area (Å²) >= 11 is 3.26. The van der Waals surface area contributed by atoms with Crippen molar-refractivity contribution in [3.05, 3.63) is 28.6 Å². The highest BCUT2D eigenvalue weighted by atomic mass is 79.9. The first-order chi connectivity index (χ1) is 6.29. The van der Waals surface area contributed by atoms with Gasteiger partial charge < -0.3 is 0 Å². The topological polar surface area (TPSA) is 71.5 Å².